The number of anilines is 2. The van der Waals surface area contributed by atoms with Crippen LogP contribution in [0.3, 0.4) is 0 Å². The largest absolute Gasteiger partial charge is 0.458 e. The molecule has 0 radical (unpaired) electrons. The van der Waals surface area contributed by atoms with Crippen LogP contribution in [0.4, 0.5) is 11.4 Å². The first-order valence-corrected chi connectivity index (χ1v) is 14.5. The second-order valence-corrected chi connectivity index (χ2v) is 14.7. The number of aryl methyl sites for hydroxylation is 2. The van der Waals surface area contributed by atoms with Crippen LogP contribution >= 0.6 is 0 Å². The van der Waals surface area contributed by atoms with Crippen LogP contribution in [-0.2, 0) is 0 Å². The average molecular weight is 427 g/mol. The highest BCUT2D eigenvalue weighted by molar-refractivity contribution is 7.05. The van der Waals surface area contributed by atoms with Crippen molar-refractivity contribution < 1.29 is 4.74 Å². The van der Waals surface area contributed by atoms with Crippen molar-refractivity contribution in [3.63, 3.8) is 0 Å². The van der Waals surface area contributed by atoms with E-state index in [9.17, 15) is 0 Å². The standard InChI is InChI=1S/C28H22BNOSi/c1-15-11-19-17-7-5-9-21-25(17)29-26-18(8-6-10-22(26)31-21)20-12-16(2)14-24-28(20)30(29)27(19)23(13-15)32(24,3)4/h5-14H,1-4H3. The molecule has 0 spiro atoms. The van der Waals surface area contributed by atoms with Gasteiger partial charge in [-0.15, -0.1) is 0 Å². The minimum Gasteiger partial charge on any atom is -0.458 e. The Morgan fingerprint density at radius 3 is 1.69 bits per heavy atom. The number of ether oxygens (including phenoxy) is 1. The Morgan fingerprint density at radius 1 is 0.688 bits per heavy atom. The van der Waals surface area contributed by atoms with Crippen molar-refractivity contribution >= 4 is 47.6 Å². The molecule has 0 unspecified atom stereocenters. The van der Waals surface area contributed by atoms with Gasteiger partial charge >= 0.3 is 6.85 Å². The summed E-state index contributed by atoms with van der Waals surface area (Å²) >= 11 is 0. The molecule has 0 atom stereocenters. The van der Waals surface area contributed by atoms with Crippen molar-refractivity contribution in [1.82, 2.24) is 0 Å². The summed E-state index contributed by atoms with van der Waals surface area (Å²) in [6.45, 7) is 9.75. The second kappa shape index (κ2) is 5.21. The van der Waals surface area contributed by atoms with Crippen LogP contribution in [-0.4, -0.2) is 14.9 Å². The summed E-state index contributed by atoms with van der Waals surface area (Å²) in [5.41, 5.74) is 13.7. The Balaban J connectivity index is 1.66. The molecule has 4 aromatic carbocycles. The summed E-state index contributed by atoms with van der Waals surface area (Å²) in [5.74, 6) is 2.01. The van der Waals surface area contributed by atoms with Crippen LogP contribution in [0.5, 0.6) is 11.5 Å². The summed E-state index contributed by atoms with van der Waals surface area (Å²) in [5, 5.41) is 3.14. The fourth-order valence-electron chi connectivity index (χ4n) is 6.78. The quantitative estimate of drug-likeness (QED) is 0.385. The molecule has 4 heterocycles. The van der Waals surface area contributed by atoms with Crippen molar-refractivity contribution in [2.24, 2.45) is 0 Å². The number of nitrogens with zero attached hydrogens (tertiary/aromatic N) is 1. The fraction of sp³-hybridized carbons (Fsp3) is 0.143. The molecule has 32 heavy (non-hydrogen) atoms. The van der Waals surface area contributed by atoms with E-state index in [2.05, 4.69) is 92.4 Å². The molecule has 4 aliphatic rings. The molecule has 4 aromatic rings. The van der Waals surface area contributed by atoms with E-state index in [1.54, 1.807) is 10.4 Å². The third-order valence-corrected chi connectivity index (χ3v) is 11.5. The summed E-state index contributed by atoms with van der Waals surface area (Å²) in [7, 11) is -1.89. The number of fused-ring (bicyclic) bond motifs is 2. The van der Waals surface area contributed by atoms with Crippen LogP contribution in [0.1, 0.15) is 11.1 Å². The molecule has 4 aliphatic heterocycles. The van der Waals surface area contributed by atoms with E-state index in [1.807, 2.05) is 0 Å². The first-order chi connectivity index (χ1) is 15.4. The Labute approximate surface area is 189 Å². The van der Waals surface area contributed by atoms with Crippen molar-refractivity contribution in [2.45, 2.75) is 26.9 Å². The summed E-state index contributed by atoms with van der Waals surface area (Å²) in [4.78, 5) is 2.69. The minimum atomic E-state index is -1.89. The second-order valence-electron chi connectivity index (χ2n) is 10.4. The van der Waals surface area contributed by atoms with Crippen LogP contribution in [0.25, 0.3) is 22.3 Å². The molecule has 0 aliphatic carbocycles. The Hall–Kier alpha value is -3.24. The predicted molar refractivity (Wildman–Crippen MR) is 137 cm³/mol. The van der Waals surface area contributed by atoms with Crippen molar-refractivity contribution in [2.75, 3.05) is 4.81 Å². The normalized spacial score (nSPS) is 16.5. The van der Waals surface area contributed by atoms with E-state index in [-0.39, 0.29) is 6.85 Å². The first-order valence-electron chi connectivity index (χ1n) is 11.5. The molecule has 0 saturated carbocycles. The summed E-state index contributed by atoms with van der Waals surface area (Å²) in [6, 6.07) is 22.9. The molecule has 0 bridgehead atoms. The van der Waals surface area contributed by atoms with Gasteiger partial charge in [0.25, 0.3) is 0 Å². The monoisotopic (exact) mass is 427 g/mol. The Morgan fingerprint density at radius 2 is 1.19 bits per heavy atom. The van der Waals surface area contributed by atoms with Gasteiger partial charge in [0.2, 0.25) is 0 Å². The molecule has 8 rings (SSSR count). The maximum atomic E-state index is 6.55. The SMILES string of the molecule is Cc1cc2c3c(c1)[Si](C)(C)c1cc(C)cc4c1N3B1c3c(cccc3-2)Oc2cccc-4c21. The van der Waals surface area contributed by atoms with E-state index in [1.165, 1.54) is 55.7 Å². The lowest BCUT2D eigenvalue weighted by Crippen LogP contribution is -2.69. The third kappa shape index (κ3) is 1.75. The van der Waals surface area contributed by atoms with Crippen molar-refractivity contribution in [3.05, 3.63) is 71.8 Å². The average Bonchev–Trinajstić information content (AvgIpc) is 2.77. The molecular formula is C28H22BNOSi. The predicted octanol–water partition coefficient (Wildman–Crippen LogP) is 4.45. The van der Waals surface area contributed by atoms with E-state index in [4.69, 9.17) is 4.74 Å². The zero-order chi connectivity index (χ0) is 21.5. The molecule has 2 nitrogen and oxygen atoms in total. The maximum Gasteiger partial charge on any atom is 0.337 e. The zero-order valence-corrected chi connectivity index (χ0v) is 19.7. The lowest BCUT2D eigenvalue weighted by Gasteiger charge is -2.52. The van der Waals surface area contributed by atoms with Gasteiger partial charge < -0.3 is 9.55 Å². The van der Waals surface area contributed by atoms with Gasteiger partial charge in [-0.05, 0) is 59.6 Å². The summed E-state index contributed by atoms with van der Waals surface area (Å²) < 4.78 is 6.55. The van der Waals surface area contributed by atoms with Crippen molar-refractivity contribution in [1.29, 1.82) is 0 Å². The topological polar surface area (TPSA) is 12.5 Å². The molecule has 4 heteroatoms. The van der Waals surface area contributed by atoms with Gasteiger partial charge in [0.05, 0.1) is 0 Å². The number of hydrogen-bond donors (Lipinski definition) is 0. The number of rotatable bonds is 0. The summed E-state index contributed by atoms with van der Waals surface area (Å²) in [6.07, 6.45) is 0. The smallest absolute Gasteiger partial charge is 0.337 e. The highest BCUT2D eigenvalue weighted by atomic mass is 28.3. The fourth-order valence-corrected chi connectivity index (χ4v) is 9.94. The third-order valence-electron chi connectivity index (χ3n) is 8.07. The van der Waals surface area contributed by atoms with Gasteiger partial charge in [-0.2, -0.15) is 0 Å². The van der Waals surface area contributed by atoms with Crippen LogP contribution in [0, 0.1) is 13.8 Å². The Kier molecular flexibility index (Phi) is 2.82. The van der Waals surface area contributed by atoms with Crippen LogP contribution in [0.2, 0.25) is 13.1 Å². The van der Waals surface area contributed by atoms with E-state index in [0.29, 0.717) is 0 Å². The van der Waals surface area contributed by atoms with Gasteiger partial charge in [-0.1, -0.05) is 60.6 Å². The minimum absolute atomic E-state index is 0.175. The van der Waals surface area contributed by atoms with Gasteiger partial charge in [0.1, 0.15) is 19.6 Å². The highest BCUT2D eigenvalue weighted by Gasteiger charge is 2.53. The molecule has 152 valence electrons. The van der Waals surface area contributed by atoms with Crippen LogP contribution < -0.4 is 30.8 Å². The number of hydrogen-bond acceptors (Lipinski definition) is 2. The molecule has 0 fully saturated rings. The molecule has 0 N–H and O–H groups in total. The van der Waals surface area contributed by atoms with Gasteiger partial charge in [0, 0.05) is 33.4 Å². The zero-order valence-electron chi connectivity index (χ0n) is 18.7. The van der Waals surface area contributed by atoms with Crippen molar-refractivity contribution in [3.8, 4) is 33.8 Å². The molecular weight excluding hydrogens is 405 g/mol. The lowest BCUT2D eigenvalue weighted by atomic mass is 9.42. The van der Waals surface area contributed by atoms with E-state index >= 15 is 0 Å². The molecule has 0 amide bonds. The maximum absolute atomic E-state index is 6.55. The van der Waals surface area contributed by atoms with E-state index in [0.717, 1.165) is 11.5 Å². The van der Waals surface area contributed by atoms with Crippen LogP contribution in [0.15, 0.2) is 60.7 Å². The first kappa shape index (κ1) is 17.3. The van der Waals surface area contributed by atoms with Gasteiger partial charge in [-0.3, -0.25) is 0 Å². The lowest BCUT2D eigenvalue weighted by molar-refractivity contribution is 0.487. The molecule has 0 saturated heterocycles. The van der Waals surface area contributed by atoms with E-state index < -0.39 is 8.07 Å². The van der Waals surface area contributed by atoms with Gasteiger partial charge in [0.15, 0.2) is 0 Å². The van der Waals surface area contributed by atoms with Gasteiger partial charge in [-0.25, -0.2) is 0 Å². The molecule has 0 aromatic heterocycles. The number of benzene rings is 4. The Bertz CT molecular complexity index is 1460. The highest BCUT2D eigenvalue weighted by Crippen LogP contribution is 2.51.